The lowest BCUT2D eigenvalue weighted by Gasteiger charge is -2.29. The number of piperidine rings is 1. The molecule has 3 aromatic rings. The van der Waals surface area contributed by atoms with Gasteiger partial charge in [0.15, 0.2) is 16.6 Å². The zero-order valence-corrected chi connectivity index (χ0v) is 19.9. The van der Waals surface area contributed by atoms with Crippen LogP contribution >= 0.6 is 22.9 Å². The van der Waals surface area contributed by atoms with Gasteiger partial charge in [-0.05, 0) is 50.1 Å². The second kappa shape index (κ2) is 9.49. The van der Waals surface area contributed by atoms with E-state index in [0.717, 1.165) is 63.9 Å². The molecule has 0 unspecified atom stereocenters. The standard InChI is InChI=1S/C21H28ClN9OS/c22-20-27-17(24)16-18(28-20)31(11-25-16)15-3-1-12(2-4-15)19(32)29-21-26-14(10-33-21)9-30-7-5-13(23)6-8-30/h10-13,15H,1-9,23H2,(H2,24,27,28)(H,26,29,32). The van der Waals surface area contributed by atoms with Gasteiger partial charge >= 0.3 is 0 Å². The molecule has 2 fully saturated rings. The van der Waals surface area contributed by atoms with Crippen LogP contribution in [0.3, 0.4) is 0 Å². The molecule has 0 atom stereocenters. The third kappa shape index (κ3) is 4.96. The predicted octanol–water partition coefficient (Wildman–Crippen LogP) is 2.81. The van der Waals surface area contributed by atoms with Gasteiger partial charge in [-0.2, -0.15) is 9.97 Å². The molecule has 5 rings (SSSR count). The van der Waals surface area contributed by atoms with Gasteiger partial charge in [0, 0.05) is 43.0 Å². The molecule has 33 heavy (non-hydrogen) atoms. The summed E-state index contributed by atoms with van der Waals surface area (Å²) in [7, 11) is 0. The zero-order chi connectivity index (χ0) is 22.9. The van der Waals surface area contributed by atoms with E-state index in [4.69, 9.17) is 23.1 Å². The van der Waals surface area contributed by atoms with Crippen LogP contribution < -0.4 is 16.8 Å². The number of rotatable bonds is 5. The minimum absolute atomic E-state index is 0.0322. The molecule has 1 amide bonds. The summed E-state index contributed by atoms with van der Waals surface area (Å²) in [4.78, 5) is 32.5. The largest absolute Gasteiger partial charge is 0.382 e. The number of likely N-dealkylation sites (tertiary alicyclic amines) is 1. The van der Waals surface area contributed by atoms with Gasteiger partial charge in [-0.15, -0.1) is 11.3 Å². The van der Waals surface area contributed by atoms with Gasteiger partial charge in [0.05, 0.1) is 12.0 Å². The number of hydrogen-bond acceptors (Lipinski definition) is 9. The minimum atomic E-state index is -0.0322. The number of imidazole rings is 1. The molecule has 2 aliphatic rings. The van der Waals surface area contributed by atoms with Crippen molar-refractivity contribution in [3.8, 4) is 0 Å². The van der Waals surface area contributed by atoms with Gasteiger partial charge in [0.1, 0.15) is 5.52 Å². The molecule has 1 aliphatic carbocycles. The first-order valence-electron chi connectivity index (χ1n) is 11.3. The van der Waals surface area contributed by atoms with Gasteiger partial charge < -0.3 is 21.4 Å². The van der Waals surface area contributed by atoms with Crippen molar-refractivity contribution in [3.05, 3.63) is 22.7 Å². The fourth-order valence-corrected chi connectivity index (χ4v) is 5.65. The number of hydrogen-bond donors (Lipinski definition) is 3. The summed E-state index contributed by atoms with van der Waals surface area (Å²) in [6, 6.07) is 0.520. The Labute approximate surface area is 200 Å². The molecule has 0 aromatic carbocycles. The van der Waals surface area contributed by atoms with E-state index >= 15 is 0 Å². The lowest BCUT2D eigenvalue weighted by Crippen LogP contribution is -2.39. The number of halogens is 1. The summed E-state index contributed by atoms with van der Waals surface area (Å²) in [5.74, 6) is 0.294. The Kier molecular flexibility index (Phi) is 6.46. The Morgan fingerprint density at radius 3 is 2.67 bits per heavy atom. The van der Waals surface area contributed by atoms with Crippen molar-refractivity contribution in [2.75, 3.05) is 24.1 Å². The number of nitrogens with zero attached hydrogens (tertiary/aromatic N) is 6. The highest BCUT2D eigenvalue weighted by Gasteiger charge is 2.29. The van der Waals surface area contributed by atoms with E-state index in [9.17, 15) is 4.79 Å². The van der Waals surface area contributed by atoms with Crippen LogP contribution in [0.1, 0.15) is 50.3 Å². The predicted molar refractivity (Wildman–Crippen MR) is 129 cm³/mol. The SMILES string of the molecule is Nc1nc(Cl)nc2c1ncn2C1CCC(C(=O)Nc2nc(CN3CCC(N)CC3)cs2)CC1. The molecule has 0 radical (unpaired) electrons. The molecule has 1 saturated heterocycles. The third-order valence-corrected chi connectivity index (χ3v) is 7.66. The number of nitrogen functional groups attached to an aromatic ring is 1. The molecule has 4 heterocycles. The van der Waals surface area contributed by atoms with Crippen LogP contribution in [-0.4, -0.2) is 54.4 Å². The highest BCUT2D eigenvalue weighted by molar-refractivity contribution is 7.13. The lowest BCUT2D eigenvalue weighted by atomic mass is 9.85. The molecule has 5 N–H and O–H groups in total. The molecule has 0 bridgehead atoms. The van der Waals surface area contributed by atoms with Crippen LogP contribution in [0.25, 0.3) is 11.2 Å². The molecule has 176 valence electrons. The third-order valence-electron chi connectivity index (χ3n) is 6.68. The summed E-state index contributed by atoms with van der Waals surface area (Å²) >= 11 is 7.47. The number of nitrogens with two attached hydrogens (primary N) is 2. The molecule has 10 nitrogen and oxygen atoms in total. The number of nitrogens with one attached hydrogen (secondary N) is 1. The molecular weight excluding hydrogens is 462 g/mol. The van der Waals surface area contributed by atoms with E-state index in [1.165, 1.54) is 11.3 Å². The van der Waals surface area contributed by atoms with E-state index in [-0.39, 0.29) is 29.0 Å². The topological polar surface area (TPSA) is 141 Å². The van der Waals surface area contributed by atoms with Crippen LogP contribution in [-0.2, 0) is 11.3 Å². The summed E-state index contributed by atoms with van der Waals surface area (Å²) in [6.45, 7) is 2.81. The number of carbonyl (C=O) groups excluding carboxylic acids is 1. The van der Waals surface area contributed by atoms with Crippen molar-refractivity contribution in [3.63, 3.8) is 0 Å². The molecule has 0 spiro atoms. The van der Waals surface area contributed by atoms with E-state index < -0.39 is 0 Å². The zero-order valence-electron chi connectivity index (χ0n) is 18.3. The fraction of sp³-hybridized carbons (Fsp3) is 0.571. The molecular formula is C21H28ClN9OS. The minimum Gasteiger partial charge on any atom is -0.382 e. The number of carbonyl (C=O) groups is 1. The summed E-state index contributed by atoms with van der Waals surface area (Å²) < 4.78 is 2.01. The first-order valence-corrected chi connectivity index (χ1v) is 12.6. The van der Waals surface area contributed by atoms with E-state index in [2.05, 4.69) is 30.2 Å². The number of thiazole rings is 1. The second-order valence-electron chi connectivity index (χ2n) is 8.95. The van der Waals surface area contributed by atoms with E-state index in [0.29, 0.717) is 22.3 Å². The van der Waals surface area contributed by atoms with Crippen LogP contribution in [0, 0.1) is 5.92 Å². The Hall–Kier alpha value is -2.34. The maximum Gasteiger partial charge on any atom is 0.229 e. The van der Waals surface area contributed by atoms with Crippen LogP contribution in [0.5, 0.6) is 0 Å². The maximum absolute atomic E-state index is 12.9. The monoisotopic (exact) mass is 489 g/mol. The second-order valence-corrected chi connectivity index (χ2v) is 10.2. The van der Waals surface area contributed by atoms with E-state index in [1.54, 1.807) is 6.33 Å². The summed E-state index contributed by atoms with van der Waals surface area (Å²) in [5, 5.41) is 5.85. The fourth-order valence-electron chi connectivity index (χ4n) is 4.78. The molecule has 12 heteroatoms. The average Bonchev–Trinajstić information content (AvgIpc) is 3.42. The van der Waals surface area contributed by atoms with Crippen LogP contribution in [0.2, 0.25) is 5.28 Å². The normalized spacial score (nSPS) is 22.6. The highest BCUT2D eigenvalue weighted by Crippen LogP contribution is 2.35. The van der Waals surface area contributed by atoms with E-state index in [1.807, 2.05) is 9.95 Å². The molecule has 1 aliphatic heterocycles. The maximum atomic E-state index is 12.9. The summed E-state index contributed by atoms with van der Waals surface area (Å²) in [5.41, 5.74) is 14.1. The van der Waals surface area contributed by atoms with Crippen molar-refractivity contribution < 1.29 is 4.79 Å². The van der Waals surface area contributed by atoms with Gasteiger partial charge in [-0.25, -0.2) is 9.97 Å². The van der Waals surface area contributed by atoms with Crippen LogP contribution in [0.4, 0.5) is 10.9 Å². The Morgan fingerprint density at radius 1 is 1.15 bits per heavy atom. The number of anilines is 2. The Morgan fingerprint density at radius 2 is 1.91 bits per heavy atom. The Balaban J connectivity index is 1.15. The quantitative estimate of drug-likeness (QED) is 0.464. The summed E-state index contributed by atoms with van der Waals surface area (Å²) in [6.07, 6.45) is 7.07. The van der Waals surface area contributed by atoms with Gasteiger partial charge in [-0.3, -0.25) is 9.69 Å². The van der Waals surface area contributed by atoms with Crippen molar-refractivity contribution in [1.82, 2.24) is 29.4 Å². The molecule has 1 saturated carbocycles. The van der Waals surface area contributed by atoms with Gasteiger partial charge in [0.2, 0.25) is 11.2 Å². The number of aromatic nitrogens is 5. The van der Waals surface area contributed by atoms with Gasteiger partial charge in [-0.1, -0.05) is 0 Å². The van der Waals surface area contributed by atoms with Crippen molar-refractivity contribution in [1.29, 1.82) is 0 Å². The van der Waals surface area contributed by atoms with Crippen molar-refractivity contribution in [2.24, 2.45) is 11.7 Å². The first-order chi connectivity index (χ1) is 16.0. The number of fused-ring (bicyclic) bond motifs is 1. The highest BCUT2D eigenvalue weighted by atomic mass is 35.5. The lowest BCUT2D eigenvalue weighted by molar-refractivity contribution is -0.120. The first kappa shape index (κ1) is 22.5. The van der Waals surface area contributed by atoms with Gasteiger partial charge in [0.25, 0.3) is 0 Å². The van der Waals surface area contributed by atoms with Crippen molar-refractivity contribution >= 4 is 51.0 Å². The Bertz CT molecular complexity index is 1130. The average molecular weight is 490 g/mol. The smallest absolute Gasteiger partial charge is 0.229 e. The molecule has 3 aromatic heterocycles. The number of amides is 1. The van der Waals surface area contributed by atoms with Crippen molar-refractivity contribution in [2.45, 2.75) is 57.2 Å². The van der Waals surface area contributed by atoms with Crippen LogP contribution in [0.15, 0.2) is 11.7 Å².